The monoisotopic (exact) mass is 295 g/mol. The van der Waals surface area contributed by atoms with E-state index in [0.717, 1.165) is 18.9 Å². The van der Waals surface area contributed by atoms with E-state index in [1.165, 1.54) is 38.6 Å². The highest BCUT2D eigenvalue weighted by atomic mass is 16.2. The first-order chi connectivity index (χ1) is 9.99. The lowest BCUT2D eigenvalue weighted by Gasteiger charge is -2.33. The minimum atomic E-state index is 0.0454. The molecule has 2 aliphatic rings. The average molecular weight is 295 g/mol. The van der Waals surface area contributed by atoms with Gasteiger partial charge in [0.15, 0.2) is 0 Å². The fourth-order valence-corrected chi connectivity index (χ4v) is 3.96. The molecule has 2 atom stereocenters. The van der Waals surface area contributed by atoms with E-state index in [2.05, 4.69) is 24.1 Å². The molecule has 1 saturated heterocycles. The van der Waals surface area contributed by atoms with E-state index in [1.54, 1.807) is 4.90 Å². The fourth-order valence-electron chi connectivity index (χ4n) is 3.96. The molecule has 1 saturated carbocycles. The van der Waals surface area contributed by atoms with Gasteiger partial charge in [-0.05, 0) is 46.0 Å². The number of carbonyl (C=O) groups excluding carboxylic acids is 1. The van der Waals surface area contributed by atoms with Crippen LogP contribution in [0.5, 0.6) is 0 Å². The van der Waals surface area contributed by atoms with Gasteiger partial charge in [-0.25, -0.2) is 0 Å². The summed E-state index contributed by atoms with van der Waals surface area (Å²) in [6, 6.07) is 1.99. The first-order valence-electron chi connectivity index (χ1n) is 8.72. The predicted molar refractivity (Wildman–Crippen MR) is 87.4 cm³/mol. The number of nitrogens with one attached hydrogen (secondary N) is 1. The van der Waals surface area contributed by atoms with Crippen LogP contribution in [0.25, 0.3) is 0 Å². The molecule has 21 heavy (non-hydrogen) atoms. The Morgan fingerprint density at radius 2 is 1.81 bits per heavy atom. The number of amides is 1. The lowest BCUT2D eigenvalue weighted by atomic mass is 10.1. The molecule has 4 nitrogen and oxygen atoms in total. The highest BCUT2D eigenvalue weighted by Gasteiger charge is 2.31. The van der Waals surface area contributed by atoms with Crippen LogP contribution in [0.2, 0.25) is 0 Å². The molecule has 1 aliphatic carbocycles. The Morgan fingerprint density at radius 3 is 2.38 bits per heavy atom. The zero-order chi connectivity index (χ0) is 15.4. The molecule has 1 heterocycles. The maximum absolute atomic E-state index is 12.0. The minimum absolute atomic E-state index is 0.0454. The summed E-state index contributed by atoms with van der Waals surface area (Å²) in [5.74, 6) is 0.231. The van der Waals surface area contributed by atoms with Gasteiger partial charge in [0, 0.05) is 38.8 Å². The van der Waals surface area contributed by atoms with Crippen LogP contribution < -0.4 is 5.32 Å². The summed E-state index contributed by atoms with van der Waals surface area (Å²) in [5, 5.41) is 3.54. The topological polar surface area (TPSA) is 35.6 Å². The predicted octanol–water partition coefficient (Wildman–Crippen LogP) is 2.24. The molecular formula is C17H33N3O. The summed E-state index contributed by atoms with van der Waals surface area (Å²) in [7, 11) is 3.69. The molecule has 1 N–H and O–H groups in total. The minimum Gasteiger partial charge on any atom is -0.347 e. The van der Waals surface area contributed by atoms with Crippen molar-refractivity contribution in [2.45, 2.75) is 83.0 Å². The molecule has 2 fully saturated rings. The van der Waals surface area contributed by atoms with E-state index >= 15 is 0 Å². The Bertz CT molecular complexity index is 337. The second-order valence-corrected chi connectivity index (χ2v) is 7.28. The lowest BCUT2D eigenvalue weighted by molar-refractivity contribution is -0.130. The Kier molecular flexibility index (Phi) is 6.06. The smallest absolute Gasteiger partial charge is 0.239 e. The van der Waals surface area contributed by atoms with Crippen molar-refractivity contribution in [2.75, 3.05) is 20.6 Å². The van der Waals surface area contributed by atoms with Crippen LogP contribution in [0.4, 0.5) is 0 Å². The molecule has 0 aromatic heterocycles. The van der Waals surface area contributed by atoms with Gasteiger partial charge in [-0.2, -0.15) is 0 Å². The van der Waals surface area contributed by atoms with Crippen LogP contribution in [0.1, 0.15) is 58.8 Å². The number of nitrogens with zero attached hydrogens (tertiary/aromatic N) is 2. The second-order valence-electron chi connectivity index (χ2n) is 7.28. The maximum Gasteiger partial charge on any atom is 0.239 e. The van der Waals surface area contributed by atoms with Crippen molar-refractivity contribution >= 4 is 5.91 Å². The van der Waals surface area contributed by atoms with Crippen LogP contribution in [-0.4, -0.2) is 60.5 Å². The summed E-state index contributed by atoms with van der Waals surface area (Å²) < 4.78 is 0. The van der Waals surface area contributed by atoms with Gasteiger partial charge in [-0.1, -0.05) is 12.8 Å². The van der Waals surface area contributed by atoms with Crippen LogP contribution in [-0.2, 0) is 4.79 Å². The van der Waals surface area contributed by atoms with Crippen molar-refractivity contribution in [2.24, 2.45) is 0 Å². The third kappa shape index (κ3) is 4.43. The summed E-state index contributed by atoms with van der Waals surface area (Å²) in [4.78, 5) is 16.4. The number of hydrogen-bond acceptors (Lipinski definition) is 3. The lowest BCUT2D eigenvalue weighted by Crippen LogP contribution is -2.44. The second kappa shape index (κ2) is 7.59. The van der Waals surface area contributed by atoms with Crippen molar-refractivity contribution in [3.63, 3.8) is 0 Å². The number of hydrogen-bond donors (Lipinski definition) is 1. The Hall–Kier alpha value is -0.610. The van der Waals surface area contributed by atoms with Crippen LogP contribution in [0, 0.1) is 0 Å². The Morgan fingerprint density at radius 1 is 1.14 bits per heavy atom. The van der Waals surface area contributed by atoms with Gasteiger partial charge >= 0.3 is 0 Å². The molecule has 2 unspecified atom stereocenters. The Balaban J connectivity index is 1.78. The van der Waals surface area contributed by atoms with Crippen molar-refractivity contribution in [1.82, 2.24) is 15.1 Å². The van der Waals surface area contributed by atoms with Crippen molar-refractivity contribution < 1.29 is 4.79 Å². The third-order valence-electron chi connectivity index (χ3n) is 5.17. The highest BCUT2D eigenvalue weighted by Crippen LogP contribution is 2.26. The van der Waals surface area contributed by atoms with Crippen molar-refractivity contribution in [3.8, 4) is 0 Å². The van der Waals surface area contributed by atoms with E-state index in [4.69, 9.17) is 0 Å². The number of likely N-dealkylation sites (N-methyl/N-ethyl adjacent to an activating group) is 1. The zero-order valence-electron chi connectivity index (χ0n) is 14.3. The molecule has 0 aromatic carbocycles. The number of rotatable bonds is 6. The molecule has 2 rings (SSSR count). The maximum atomic E-state index is 12.0. The van der Waals surface area contributed by atoms with Gasteiger partial charge in [-0.3, -0.25) is 9.69 Å². The van der Waals surface area contributed by atoms with E-state index < -0.39 is 0 Å². The molecule has 0 spiro atoms. The Labute approximate surface area is 130 Å². The van der Waals surface area contributed by atoms with Crippen molar-refractivity contribution in [1.29, 1.82) is 0 Å². The molecule has 0 radical (unpaired) electrons. The molecular weight excluding hydrogens is 262 g/mol. The van der Waals surface area contributed by atoms with Gasteiger partial charge in [-0.15, -0.1) is 0 Å². The third-order valence-corrected chi connectivity index (χ3v) is 5.17. The first-order valence-corrected chi connectivity index (χ1v) is 8.72. The summed E-state index contributed by atoms with van der Waals surface area (Å²) in [6.45, 7) is 5.81. The average Bonchev–Trinajstić information content (AvgIpc) is 3.08. The van der Waals surface area contributed by atoms with Crippen LogP contribution in [0.15, 0.2) is 0 Å². The molecule has 0 aromatic rings. The summed E-state index contributed by atoms with van der Waals surface area (Å²) in [6.07, 6.45) is 8.85. The van der Waals surface area contributed by atoms with E-state index in [0.29, 0.717) is 12.1 Å². The van der Waals surface area contributed by atoms with Gasteiger partial charge in [0.1, 0.15) is 0 Å². The zero-order valence-corrected chi connectivity index (χ0v) is 14.3. The molecule has 1 aliphatic heterocycles. The normalized spacial score (nSPS) is 27.0. The van der Waals surface area contributed by atoms with Crippen molar-refractivity contribution in [3.05, 3.63) is 0 Å². The van der Waals surface area contributed by atoms with Crippen LogP contribution >= 0.6 is 0 Å². The summed E-state index contributed by atoms with van der Waals surface area (Å²) in [5.41, 5.74) is 0. The number of carbonyl (C=O) groups is 1. The largest absolute Gasteiger partial charge is 0.347 e. The molecule has 4 heteroatoms. The van der Waals surface area contributed by atoms with E-state index in [1.807, 2.05) is 14.1 Å². The highest BCUT2D eigenvalue weighted by molar-refractivity contribution is 5.81. The molecule has 0 bridgehead atoms. The van der Waals surface area contributed by atoms with Gasteiger partial charge in [0.2, 0.25) is 5.91 Å². The van der Waals surface area contributed by atoms with E-state index in [-0.39, 0.29) is 11.9 Å². The van der Waals surface area contributed by atoms with Gasteiger partial charge < -0.3 is 10.2 Å². The molecule has 1 amide bonds. The quantitative estimate of drug-likeness (QED) is 0.816. The van der Waals surface area contributed by atoms with Crippen LogP contribution in [0.3, 0.4) is 0 Å². The standard InChI is InChI=1S/C17H33N3O/c1-13(2)20(15-7-5-6-8-15)12-11-14-9-10-16(18-14)17(21)19(3)4/h13-16,18H,5-12H2,1-4H3. The summed E-state index contributed by atoms with van der Waals surface area (Å²) >= 11 is 0. The van der Waals surface area contributed by atoms with Gasteiger partial charge in [0.05, 0.1) is 6.04 Å². The SMILES string of the molecule is CC(C)N(CCC1CCC(C(=O)N(C)C)N1)C1CCCC1. The molecule has 122 valence electrons. The van der Waals surface area contributed by atoms with Gasteiger partial charge in [0.25, 0.3) is 0 Å². The van der Waals surface area contributed by atoms with E-state index in [9.17, 15) is 4.79 Å². The first kappa shape index (κ1) is 16.8. The fraction of sp³-hybridized carbons (Fsp3) is 0.941.